The van der Waals surface area contributed by atoms with E-state index in [4.69, 9.17) is 10.2 Å². The number of hydrogen-bond donors (Lipinski definition) is 2. The Morgan fingerprint density at radius 3 is 2.69 bits per heavy atom. The van der Waals surface area contributed by atoms with Crippen LogP contribution < -0.4 is 16.0 Å². The first-order chi connectivity index (χ1) is 20.3. The monoisotopic (exact) mass is 598 g/mol. The number of rotatable bonds is 9. The van der Waals surface area contributed by atoms with E-state index in [2.05, 4.69) is 30.4 Å². The van der Waals surface area contributed by atoms with Crippen molar-refractivity contribution in [3.8, 4) is 11.6 Å². The van der Waals surface area contributed by atoms with Crippen molar-refractivity contribution in [2.75, 3.05) is 61.9 Å². The highest BCUT2D eigenvalue weighted by molar-refractivity contribution is 7.90. The van der Waals surface area contributed by atoms with Crippen LogP contribution in [0.1, 0.15) is 10.4 Å². The summed E-state index contributed by atoms with van der Waals surface area (Å²) in [6.45, 7) is 3.53. The predicted octanol–water partition coefficient (Wildman–Crippen LogP) is 1.52. The lowest BCUT2D eigenvalue weighted by Crippen LogP contribution is -2.47. The summed E-state index contributed by atoms with van der Waals surface area (Å²) in [6.07, 6.45) is 4.74. The third-order valence-electron chi connectivity index (χ3n) is 7.14. The summed E-state index contributed by atoms with van der Waals surface area (Å²) >= 11 is -1.09. The molecule has 0 saturated carbocycles. The maximum atomic E-state index is 14.7. The Morgan fingerprint density at radius 2 is 1.95 bits per heavy atom. The predicted molar refractivity (Wildman–Crippen MR) is 152 cm³/mol. The van der Waals surface area contributed by atoms with Gasteiger partial charge in [0.25, 0.3) is 5.91 Å². The van der Waals surface area contributed by atoms with Crippen LogP contribution in [0.2, 0.25) is 0 Å². The standard InChI is InChI=1S/C26H28F2N10O3S/c1-42(40)12-4-30-25(39)16-13-20(19(28)14-18(16)27)36-8-5-35(6-9-36)7-10-37-23-17(15-31-37)24-32-22(21-3-2-11-41-21)34-38(24)26(29)33-23/h2-3,11,13-15H,4-10,12H2,1H3,(H2,29,33)(H,30,39)/t42-/m0/s1. The lowest BCUT2D eigenvalue weighted by Gasteiger charge is -2.36. The van der Waals surface area contributed by atoms with Gasteiger partial charge in [0.05, 0.1) is 48.4 Å². The molecule has 1 amide bonds. The number of hydrogen-bond acceptors (Lipinski definition) is 10. The molecule has 16 heteroatoms. The third-order valence-corrected chi connectivity index (χ3v) is 7.91. The van der Waals surface area contributed by atoms with Crippen molar-refractivity contribution in [3.05, 3.63) is 53.9 Å². The molecule has 42 heavy (non-hydrogen) atoms. The van der Waals surface area contributed by atoms with Gasteiger partial charge in [-0.3, -0.25) is 9.69 Å². The molecule has 0 bridgehead atoms. The van der Waals surface area contributed by atoms with Crippen molar-refractivity contribution in [2.45, 2.75) is 6.54 Å². The molecule has 0 unspecified atom stereocenters. The number of aromatic nitrogens is 6. The molecule has 4 aromatic heterocycles. The van der Waals surface area contributed by atoms with Gasteiger partial charge in [-0.1, -0.05) is 11.2 Å². The number of nitrogens with two attached hydrogens (primary N) is 1. The summed E-state index contributed by atoms with van der Waals surface area (Å²) in [6, 6.07) is 5.49. The smallest absolute Gasteiger partial charge is 0.254 e. The van der Waals surface area contributed by atoms with Crippen molar-refractivity contribution in [1.29, 1.82) is 0 Å². The second-order valence-corrected chi connectivity index (χ2v) is 11.4. The van der Waals surface area contributed by atoms with Crippen LogP contribution in [0.25, 0.3) is 28.3 Å². The van der Waals surface area contributed by atoms with Gasteiger partial charge in [-0.05, 0) is 18.2 Å². The first-order valence-corrected chi connectivity index (χ1v) is 15.0. The number of anilines is 2. The summed E-state index contributed by atoms with van der Waals surface area (Å²) in [4.78, 5) is 25.5. The minimum Gasteiger partial charge on any atom is -0.617 e. The number of benzene rings is 1. The number of nitrogens with zero attached hydrogens (tertiary/aromatic N) is 8. The molecule has 0 spiro atoms. The largest absolute Gasteiger partial charge is 0.617 e. The van der Waals surface area contributed by atoms with E-state index in [9.17, 15) is 18.1 Å². The van der Waals surface area contributed by atoms with Gasteiger partial charge < -0.3 is 24.9 Å². The minimum atomic E-state index is -1.09. The average molecular weight is 599 g/mol. The molecule has 13 nitrogen and oxygen atoms in total. The van der Waals surface area contributed by atoms with E-state index in [-0.39, 0.29) is 29.5 Å². The van der Waals surface area contributed by atoms with E-state index < -0.39 is 28.7 Å². The van der Waals surface area contributed by atoms with Crippen molar-refractivity contribution in [1.82, 2.24) is 39.6 Å². The van der Waals surface area contributed by atoms with Crippen LogP contribution in [0.5, 0.6) is 0 Å². The molecule has 3 N–H and O–H groups in total. The van der Waals surface area contributed by atoms with Gasteiger partial charge in [0, 0.05) is 38.8 Å². The van der Waals surface area contributed by atoms with Crippen LogP contribution in [-0.2, 0) is 17.7 Å². The van der Waals surface area contributed by atoms with Gasteiger partial charge in [0.1, 0.15) is 17.4 Å². The Kier molecular flexibility index (Phi) is 7.66. The van der Waals surface area contributed by atoms with Gasteiger partial charge in [0.2, 0.25) is 11.8 Å². The van der Waals surface area contributed by atoms with E-state index in [0.717, 1.165) is 6.07 Å². The Morgan fingerprint density at radius 1 is 1.14 bits per heavy atom. The SMILES string of the molecule is C[S@+]([O-])CCNC(=O)c1cc(N2CCN(CCn3ncc4c3nc(N)n3nc(-c5ccco5)nc43)CC2)c(F)cc1F. The molecule has 1 fully saturated rings. The van der Waals surface area contributed by atoms with Gasteiger partial charge in [-0.2, -0.15) is 14.6 Å². The number of fused-ring (bicyclic) bond motifs is 3. The second kappa shape index (κ2) is 11.5. The molecule has 0 aliphatic carbocycles. The number of carbonyl (C=O) groups excluding carboxylic acids is 1. The number of halogens is 2. The zero-order valence-electron chi connectivity index (χ0n) is 22.7. The quantitative estimate of drug-likeness (QED) is 0.238. The maximum absolute atomic E-state index is 14.7. The summed E-state index contributed by atoms with van der Waals surface area (Å²) in [7, 11) is 0. The summed E-state index contributed by atoms with van der Waals surface area (Å²) < 4.78 is 49.0. The fourth-order valence-corrected chi connectivity index (χ4v) is 5.33. The van der Waals surface area contributed by atoms with Crippen LogP contribution in [0, 0.1) is 11.6 Å². The Labute approximate surface area is 241 Å². The normalized spacial score (nSPS) is 15.1. The molecule has 1 saturated heterocycles. The maximum Gasteiger partial charge on any atom is 0.254 e. The van der Waals surface area contributed by atoms with Gasteiger partial charge in [-0.15, -0.1) is 5.10 Å². The molecule has 1 atom stereocenters. The number of piperazine rings is 1. The lowest BCUT2D eigenvalue weighted by molar-refractivity contribution is 0.0952. The van der Waals surface area contributed by atoms with E-state index in [1.165, 1.54) is 16.8 Å². The first-order valence-electron chi connectivity index (χ1n) is 13.2. The van der Waals surface area contributed by atoms with Crippen LogP contribution >= 0.6 is 0 Å². The van der Waals surface area contributed by atoms with Crippen LogP contribution in [0.4, 0.5) is 20.4 Å². The highest BCUT2D eigenvalue weighted by Crippen LogP contribution is 2.26. The zero-order chi connectivity index (χ0) is 29.4. The molecule has 220 valence electrons. The van der Waals surface area contributed by atoms with Crippen LogP contribution in [0.3, 0.4) is 0 Å². The number of furan rings is 1. The van der Waals surface area contributed by atoms with E-state index >= 15 is 0 Å². The number of carbonyl (C=O) groups is 1. The second-order valence-electron chi connectivity index (χ2n) is 9.87. The Balaban J connectivity index is 1.10. The van der Waals surface area contributed by atoms with Crippen molar-refractivity contribution in [3.63, 3.8) is 0 Å². The minimum absolute atomic E-state index is 0.135. The zero-order valence-corrected chi connectivity index (χ0v) is 23.5. The van der Waals surface area contributed by atoms with Gasteiger partial charge >= 0.3 is 0 Å². The summed E-state index contributed by atoms with van der Waals surface area (Å²) in [5.41, 5.74) is 7.22. The molecule has 1 aromatic carbocycles. The fourth-order valence-electron chi connectivity index (χ4n) is 4.94. The fraction of sp³-hybridized carbons (Fsp3) is 0.346. The number of nitrogens with one attached hydrogen (secondary N) is 1. The molecular weight excluding hydrogens is 570 g/mol. The molecule has 0 radical (unpaired) electrons. The molecule has 5 heterocycles. The summed E-state index contributed by atoms with van der Waals surface area (Å²) in [5.74, 6) is -1.000. The van der Waals surface area contributed by atoms with Gasteiger partial charge in [0.15, 0.2) is 17.1 Å². The molecule has 1 aliphatic heterocycles. The highest BCUT2D eigenvalue weighted by atomic mass is 32.2. The van der Waals surface area contributed by atoms with Crippen molar-refractivity contribution >= 4 is 45.4 Å². The summed E-state index contributed by atoms with van der Waals surface area (Å²) in [5, 5.41) is 12.1. The van der Waals surface area contributed by atoms with E-state index in [1.54, 1.807) is 34.2 Å². The third kappa shape index (κ3) is 5.47. The Hall–Kier alpha value is -4.28. The van der Waals surface area contributed by atoms with Crippen molar-refractivity contribution in [2.24, 2.45) is 0 Å². The van der Waals surface area contributed by atoms with Crippen LogP contribution in [-0.4, -0.2) is 96.0 Å². The average Bonchev–Trinajstić information content (AvgIpc) is 3.72. The molecule has 1 aliphatic rings. The lowest BCUT2D eigenvalue weighted by atomic mass is 10.1. The Bertz CT molecular complexity index is 1730. The highest BCUT2D eigenvalue weighted by Gasteiger charge is 2.24. The molecule has 6 rings (SSSR count). The first kappa shape index (κ1) is 27.9. The van der Waals surface area contributed by atoms with E-state index in [0.29, 0.717) is 67.5 Å². The number of amides is 1. The topological polar surface area (TPSA) is 159 Å². The van der Waals surface area contributed by atoms with Crippen LogP contribution in [0.15, 0.2) is 41.1 Å². The molecule has 5 aromatic rings. The number of nitrogen functional groups attached to an aromatic ring is 1. The van der Waals surface area contributed by atoms with Gasteiger partial charge in [-0.25, -0.2) is 18.4 Å². The van der Waals surface area contributed by atoms with E-state index in [1.807, 2.05) is 0 Å². The van der Waals surface area contributed by atoms with Crippen molar-refractivity contribution < 1.29 is 22.5 Å². The molecular formula is C26H28F2N10O3S.